The van der Waals surface area contributed by atoms with Crippen LogP contribution in [0.15, 0.2) is 37.1 Å². The third-order valence-electron chi connectivity index (χ3n) is 3.70. The lowest BCUT2D eigenvalue weighted by atomic mass is 10.1. The molecule has 5 heteroatoms. The van der Waals surface area contributed by atoms with Crippen LogP contribution in [0.25, 0.3) is 0 Å². The number of rotatable bonds is 4. The van der Waals surface area contributed by atoms with Crippen LogP contribution >= 0.6 is 0 Å². The maximum absolute atomic E-state index is 4.31. The summed E-state index contributed by atoms with van der Waals surface area (Å²) in [5.74, 6) is 0. The Kier molecular flexibility index (Phi) is 3.80. The highest BCUT2D eigenvalue weighted by molar-refractivity contribution is 5.10. The van der Waals surface area contributed by atoms with Crippen molar-refractivity contribution in [2.24, 2.45) is 0 Å². The second-order valence-corrected chi connectivity index (χ2v) is 5.74. The van der Waals surface area contributed by atoms with Crippen molar-refractivity contribution in [3.63, 3.8) is 0 Å². The molecule has 20 heavy (non-hydrogen) atoms. The molecular weight excluding hydrogens is 250 g/mol. The topological polar surface area (TPSA) is 37.2 Å². The molecule has 1 unspecified atom stereocenters. The minimum absolute atomic E-state index is 0.466. The summed E-state index contributed by atoms with van der Waals surface area (Å²) >= 11 is 0. The molecule has 0 N–H and O–H groups in total. The van der Waals surface area contributed by atoms with Crippen molar-refractivity contribution in [2.75, 3.05) is 27.2 Å². The van der Waals surface area contributed by atoms with E-state index in [4.69, 9.17) is 0 Å². The van der Waals surface area contributed by atoms with Crippen molar-refractivity contribution in [2.45, 2.75) is 19.1 Å². The molecule has 2 aromatic rings. The first-order chi connectivity index (χ1) is 9.72. The van der Waals surface area contributed by atoms with E-state index in [1.54, 1.807) is 0 Å². The van der Waals surface area contributed by atoms with Crippen LogP contribution in [-0.4, -0.2) is 51.5 Å². The van der Waals surface area contributed by atoms with Gasteiger partial charge in [-0.2, -0.15) is 0 Å². The molecule has 3 heterocycles. The van der Waals surface area contributed by atoms with Gasteiger partial charge in [0.15, 0.2) is 0 Å². The van der Waals surface area contributed by atoms with Gasteiger partial charge in [0, 0.05) is 44.8 Å². The summed E-state index contributed by atoms with van der Waals surface area (Å²) in [6, 6.07) is 4.61. The van der Waals surface area contributed by atoms with Gasteiger partial charge in [-0.1, -0.05) is 6.07 Å². The zero-order chi connectivity index (χ0) is 13.9. The van der Waals surface area contributed by atoms with Gasteiger partial charge in [-0.15, -0.1) is 0 Å². The molecule has 0 fully saturated rings. The molecule has 1 atom stereocenters. The Morgan fingerprint density at radius 3 is 2.95 bits per heavy atom. The SMILES string of the molecule is CN(C)CC1CN(Cc2cccnc2)Cc2cncn21. The minimum Gasteiger partial charge on any atom is -0.328 e. The lowest BCUT2D eigenvalue weighted by molar-refractivity contribution is 0.156. The number of hydrogen-bond acceptors (Lipinski definition) is 4. The lowest BCUT2D eigenvalue weighted by Crippen LogP contribution is -2.40. The van der Waals surface area contributed by atoms with E-state index in [2.05, 4.69) is 44.5 Å². The van der Waals surface area contributed by atoms with Gasteiger partial charge in [-0.3, -0.25) is 9.88 Å². The van der Waals surface area contributed by atoms with Crippen LogP contribution in [0.3, 0.4) is 0 Å². The van der Waals surface area contributed by atoms with Crippen molar-refractivity contribution in [3.8, 4) is 0 Å². The van der Waals surface area contributed by atoms with E-state index in [9.17, 15) is 0 Å². The average molecular weight is 271 g/mol. The standard InChI is InChI=1S/C15H21N5/c1-18(2)9-15-11-19(8-13-4-3-5-16-6-13)10-14-7-17-12-20(14)15/h3-7,12,15H,8-11H2,1-2H3. The Morgan fingerprint density at radius 1 is 1.30 bits per heavy atom. The molecule has 0 spiro atoms. The molecule has 0 saturated heterocycles. The zero-order valence-electron chi connectivity index (χ0n) is 12.1. The van der Waals surface area contributed by atoms with Crippen LogP contribution in [0.4, 0.5) is 0 Å². The molecular formula is C15H21N5. The second-order valence-electron chi connectivity index (χ2n) is 5.74. The van der Waals surface area contributed by atoms with Gasteiger partial charge in [-0.05, 0) is 25.7 Å². The molecule has 0 aromatic carbocycles. The Labute approximate surface area is 119 Å². The Hall–Kier alpha value is -1.72. The Morgan fingerprint density at radius 2 is 2.20 bits per heavy atom. The quantitative estimate of drug-likeness (QED) is 0.842. The van der Waals surface area contributed by atoms with Gasteiger partial charge in [0.2, 0.25) is 0 Å². The summed E-state index contributed by atoms with van der Waals surface area (Å²) in [5.41, 5.74) is 2.57. The third kappa shape index (κ3) is 2.89. The van der Waals surface area contributed by atoms with E-state index in [1.165, 1.54) is 11.3 Å². The first kappa shape index (κ1) is 13.3. The fraction of sp³-hybridized carbons (Fsp3) is 0.467. The second kappa shape index (κ2) is 5.73. The molecule has 1 aliphatic rings. The number of nitrogens with zero attached hydrogens (tertiary/aromatic N) is 5. The monoisotopic (exact) mass is 271 g/mol. The highest BCUT2D eigenvalue weighted by atomic mass is 15.3. The highest BCUT2D eigenvalue weighted by Gasteiger charge is 2.25. The molecule has 2 aromatic heterocycles. The van der Waals surface area contributed by atoms with Crippen molar-refractivity contribution in [1.82, 2.24) is 24.3 Å². The summed E-state index contributed by atoms with van der Waals surface area (Å²) in [6.07, 6.45) is 7.72. The number of likely N-dealkylation sites (N-methyl/N-ethyl adjacent to an activating group) is 1. The zero-order valence-corrected chi connectivity index (χ0v) is 12.1. The van der Waals surface area contributed by atoms with Crippen LogP contribution in [-0.2, 0) is 13.1 Å². The average Bonchev–Trinajstić information content (AvgIpc) is 2.88. The summed E-state index contributed by atoms with van der Waals surface area (Å²) in [4.78, 5) is 13.2. The molecule has 0 amide bonds. The van der Waals surface area contributed by atoms with Crippen LogP contribution in [0, 0.1) is 0 Å². The van der Waals surface area contributed by atoms with Gasteiger partial charge in [0.1, 0.15) is 0 Å². The smallest absolute Gasteiger partial charge is 0.0952 e. The van der Waals surface area contributed by atoms with Crippen molar-refractivity contribution in [1.29, 1.82) is 0 Å². The minimum atomic E-state index is 0.466. The molecule has 0 bridgehead atoms. The number of imidazole rings is 1. The fourth-order valence-electron chi connectivity index (χ4n) is 2.90. The molecule has 3 rings (SSSR count). The van der Waals surface area contributed by atoms with Crippen LogP contribution in [0.5, 0.6) is 0 Å². The summed E-state index contributed by atoms with van der Waals surface area (Å²) in [6.45, 7) is 3.99. The predicted octanol–water partition coefficient (Wildman–Crippen LogP) is 1.40. The van der Waals surface area contributed by atoms with Gasteiger partial charge >= 0.3 is 0 Å². The number of pyridine rings is 1. The van der Waals surface area contributed by atoms with Gasteiger partial charge in [0.25, 0.3) is 0 Å². The molecule has 106 valence electrons. The largest absolute Gasteiger partial charge is 0.328 e. The molecule has 5 nitrogen and oxygen atoms in total. The Bertz CT molecular complexity index is 548. The van der Waals surface area contributed by atoms with Gasteiger partial charge in [-0.25, -0.2) is 4.98 Å². The molecule has 1 aliphatic heterocycles. The van der Waals surface area contributed by atoms with Crippen LogP contribution < -0.4 is 0 Å². The summed E-state index contributed by atoms with van der Waals surface area (Å²) in [5, 5.41) is 0. The van der Waals surface area contributed by atoms with E-state index in [0.717, 1.165) is 26.2 Å². The normalized spacial score (nSPS) is 19.2. The third-order valence-corrected chi connectivity index (χ3v) is 3.70. The predicted molar refractivity (Wildman–Crippen MR) is 78.2 cm³/mol. The van der Waals surface area contributed by atoms with Crippen LogP contribution in [0.1, 0.15) is 17.3 Å². The van der Waals surface area contributed by atoms with E-state index in [0.29, 0.717) is 6.04 Å². The first-order valence-electron chi connectivity index (χ1n) is 6.99. The van der Waals surface area contributed by atoms with Crippen molar-refractivity contribution < 1.29 is 0 Å². The van der Waals surface area contributed by atoms with E-state index in [1.807, 2.05) is 31.0 Å². The maximum atomic E-state index is 4.31. The number of hydrogen-bond donors (Lipinski definition) is 0. The maximum Gasteiger partial charge on any atom is 0.0952 e. The van der Waals surface area contributed by atoms with Crippen LogP contribution in [0.2, 0.25) is 0 Å². The molecule has 0 radical (unpaired) electrons. The summed E-state index contributed by atoms with van der Waals surface area (Å²) in [7, 11) is 4.24. The van der Waals surface area contributed by atoms with Crippen molar-refractivity contribution >= 4 is 0 Å². The van der Waals surface area contributed by atoms with Gasteiger partial charge in [0.05, 0.1) is 18.1 Å². The number of aromatic nitrogens is 3. The fourth-order valence-corrected chi connectivity index (χ4v) is 2.90. The number of fused-ring (bicyclic) bond motifs is 1. The molecule has 0 saturated carbocycles. The van der Waals surface area contributed by atoms with Crippen molar-refractivity contribution in [3.05, 3.63) is 48.3 Å². The Balaban J connectivity index is 1.75. The molecule has 0 aliphatic carbocycles. The lowest BCUT2D eigenvalue weighted by Gasteiger charge is -2.35. The van der Waals surface area contributed by atoms with Gasteiger partial charge < -0.3 is 9.47 Å². The first-order valence-corrected chi connectivity index (χ1v) is 6.99. The highest BCUT2D eigenvalue weighted by Crippen LogP contribution is 2.22. The van der Waals surface area contributed by atoms with E-state index < -0.39 is 0 Å². The van der Waals surface area contributed by atoms with E-state index in [-0.39, 0.29) is 0 Å². The summed E-state index contributed by atoms with van der Waals surface area (Å²) < 4.78 is 2.32. The van der Waals surface area contributed by atoms with E-state index >= 15 is 0 Å².